The molecule has 0 spiro atoms. The topological polar surface area (TPSA) is 140 Å². The van der Waals surface area contributed by atoms with Crippen molar-refractivity contribution in [1.82, 2.24) is 0 Å². The van der Waals surface area contributed by atoms with Crippen LogP contribution in [0.25, 0.3) is 44.2 Å². The van der Waals surface area contributed by atoms with E-state index in [0.717, 1.165) is 80.7 Å². The summed E-state index contributed by atoms with van der Waals surface area (Å²) in [4.78, 5) is 0. The number of phenols is 6. The van der Waals surface area contributed by atoms with E-state index >= 15 is 0 Å². The van der Waals surface area contributed by atoms with E-state index in [2.05, 4.69) is 76.9 Å². The first kappa shape index (κ1) is 60.6. The van der Waals surface area contributed by atoms with Gasteiger partial charge in [0.25, 0.3) is 0 Å². The average molecular weight is 1080 g/mol. The smallest absolute Gasteiger partial charge is 0.245 e. The molecule has 0 amide bonds. The Morgan fingerprint density at radius 3 is 0.988 bits per heavy atom. The number of allylic oxidation sites excluding steroid dienone is 8. The lowest BCUT2D eigenvalue weighted by molar-refractivity contribution is -0.0778. The van der Waals surface area contributed by atoms with Crippen molar-refractivity contribution in [3.63, 3.8) is 0 Å². The molecule has 1 aliphatic rings. The van der Waals surface area contributed by atoms with Crippen LogP contribution < -0.4 is 9.47 Å². The first-order chi connectivity index (χ1) is 39.1. The fourth-order valence-corrected chi connectivity index (χ4v) is 9.48. The number of aromatic hydroxyl groups is 6. The third kappa shape index (κ3) is 15.1. The first-order valence-corrected chi connectivity index (χ1v) is 26.8. The lowest BCUT2D eigenvalue weighted by Crippen LogP contribution is -2.34. The predicted molar refractivity (Wildman–Crippen MR) is 336 cm³/mol. The molecule has 0 bridgehead atoms. The Labute approximate surface area is 478 Å². The molecule has 8 aromatic rings. The van der Waals surface area contributed by atoms with E-state index in [1.54, 1.807) is 54.6 Å². The van der Waals surface area contributed by atoms with E-state index in [0.29, 0.717) is 59.7 Å². The van der Waals surface area contributed by atoms with Gasteiger partial charge in [-0.3, -0.25) is 0 Å². The van der Waals surface area contributed by atoms with Crippen molar-refractivity contribution in [2.24, 2.45) is 0 Å². The highest BCUT2D eigenvalue weighted by Crippen LogP contribution is 2.45. The van der Waals surface area contributed by atoms with Gasteiger partial charge in [0, 0.05) is 47.2 Å². The van der Waals surface area contributed by atoms with E-state index in [-0.39, 0.29) is 34.5 Å². The van der Waals surface area contributed by atoms with Gasteiger partial charge in [-0.2, -0.15) is 0 Å². The molecule has 8 heteroatoms. The Hall–Kier alpha value is -9.66. The van der Waals surface area contributed by atoms with Crippen LogP contribution in [0, 0.1) is 0 Å². The minimum absolute atomic E-state index is 0.135. The van der Waals surface area contributed by atoms with Gasteiger partial charge in [0.15, 0.2) is 0 Å². The van der Waals surface area contributed by atoms with Crippen LogP contribution in [0.4, 0.5) is 0 Å². The Bertz CT molecular complexity index is 3340. The first-order valence-electron chi connectivity index (χ1n) is 26.8. The van der Waals surface area contributed by atoms with Gasteiger partial charge in [-0.1, -0.05) is 146 Å². The molecule has 0 saturated heterocycles. The molecule has 0 saturated carbocycles. The van der Waals surface area contributed by atoms with Crippen LogP contribution in [0.2, 0.25) is 0 Å². The number of fused-ring (bicyclic) bond motifs is 4. The molecule has 0 radical (unpaired) electrons. The molecule has 0 aliphatic carbocycles. The number of phenolic OH excluding ortho intramolecular Hbond substituents is 6. The van der Waals surface area contributed by atoms with Gasteiger partial charge in [0.2, 0.25) is 5.79 Å². The van der Waals surface area contributed by atoms with Crippen LogP contribution in [-0.2, 0) is 51.4 Å². The maximum atomic E-state index is 10.3. The highest BCUT2D eigenvalue weighted by Gasteiger charge is 2.30. The highest BCUT2D eigenvalue weighted by atomic mass is 16.7. The molecule has 0 atom stereocenters. The number of hydrogen-bond donors (Lipinski definition) is 6. The summed E-state index contributed by atoms with van der Waals surface area (Å²) < 4.78 is 12.2. The zero-order valence-corrected chi connectivity index (χ0v) is 46.6. The molecule has 1 aliphatic heterocycles. The van der Waals surface area contributed by atoms with Gasteiger partial charge in [-0.25, -0.2) is 0 Å². The minimum Gasteiger partial charge on any atom is -0.507 e. The number of rotatable bonds is 18. The summed E-state index contributed by atoms with van der Waals surface area (Å²) in [6.45, 7) is 33.6. The number of benzene rings is 8. The van der Waals surface area contributed by atoms with Crippen LogP contribution in [0.15, 0.2) is 235 Å². The average Bonchev–Trinajstić information content (AvgIpc) is 3.58. The van der Waals surface area contributed by atoms with E-state index in [9.17, 15) is 30.6 Å². The Kier molecular flexibility index (Phi) is 21.5. The normalized spacial score (nSPS) is 11.5. The van der Waals surface area contributed by atoms with Crippen LogP contribution in [0.1, 0.15) is 58.4 Å². The highest BCUT2D eigenvalue weighted by molar-refractivity contribution is 5.95. The molecular formula is C73H74O8. The van der Waals surface area contributed by atoms with Crippen LogP contribution in [0.3, 0.4) is 0 Å². The fraction of sp³-hybridized carbons (Fsp3) is 0.151. The minimum atomic E-state index is -0.708. The molecule has 0 aromatic heterocycles. The Balaban J connectivity index is 0.000000175. The molecular weight excluding hydrogens is 1000 g/mol. The SMILES string of the molecule is C=CCc1ccc(O)c(-c2cccc(CC=C)c2O)c1.C=CCc1ccc2c(c1)-c1cc(CC=C)ccc1OC(C)(C)O2.C=CCc1ccc2ccc(CC=C)c(O)c2c1O.C=CCc1cccc(-c2cccc(CC=C)c2O)c1O. The molecule has 81 heavy (non-hydrogen) atoms. The third-order valence-electron chi connectivity index (χ3n) is 13.3. The summed E-state index contributed by atoms with van der Waals surface area (Å²) >= 11 is 0. The zero-order chi connectivity index (χ0) is 58.6. The summed E-state index contributed by atoms with van der Waals surface area (Å²) in [6, 6.07) is 42.0. The molecule has 414 valence electrons. The second kappa shape index (κ2) is 28.8. The van der Waals surface area contributed by atoms with Gasteiger partial charge in [-0.15, -0.1) is 52.6 Å². The summed E-state index contributed by atoms with van der Waals surface area (Å²) in [5.41, 5.74) is 12.0. The van der Waals surface area contributed by atoms with Crippen molar-refractivity contribution in [3.05, 3.63) is 279 Å². The Morgan fingerprint density at radius 2 is 0.642 bits per heavy atom. The van der Waals surface area contributed by atoms with Crippen molar-refractivity contribution in [1.29, 1.82) is 0 Å². The monoisotopic (exact) mass is 1080 g/mol. The second-order valence-corrected chi connectivity index (χ2v) is 19.7. The lowest BCUT2D eigenvalue weighted by Gasteiger charge is -2.25. The molecule has 1 heterocycles. The van der Waals surface area contributed by atoms with E-state index in [1.807, 2.05) is 117 Å². The summed E-state index contributed by atoms with van der Waals surface area (Å²) in [5.74, 6) is 1.99. The van der Waals surface area contributed by atoms with Gasteiger partial charge in [0.05, 0.1) is 5.39 Å². The van der Waals surface area contributed by atoms with E-state index < -0.39 is 5.79 Å². The van der Waals surface area contributed by atoms with E-state index in [4.69, 9.17) is 9.47 Å². The number of para-hydroxylation sites is 3. The Morgan fingerprint density at radius 1 is 0.333 bits per heavy atom. The van der Waals surface area contributed by atoms with Crippen molar-refractivity contribution < 1.29 is 40.1 Å². The van der Waals surface area contributed by atoms with Gasteiger partial charge in [0.1, 0.15) is 46.0 Å². The number of ether oxygens (including phenoxy) is 2. The lowest BCUT2D eigenvalue weighted by atomic mass is 9.96. The van der Waals surface area contributed by atoms with Gasteiger partial charge < -0.3 is 40.1 Å². The number of hydrogen-bond acceptors (Lipinski definition) is 8. The summed E-state index contributed by atoms with van der Waals surface area (Å²) in [7, 11) is 0. The van der Waals surface area contributed by atoms with Gasteiger partial charge >= 0.3 is 0 Å². The maximum Gasteiger partial charge on any atom is 0.245 e. The van der Waals surface area contributed by atoms with Crippen LogP contribution in [0.5, 0.6) is 46.0 Å². The largest absolute Gasteiger partial charge is 0.507 e. The van der Waals surface area contributed by atoms with Crippen molar-refractivity contribution in [3.8, 4) is 79.4 Å². The quantitative estimate of drug-likeness (QED) is 0.0467. The van der Waals surface area contributed by atoms with Crippen molar-refractivity contribution >= 4 is 10.8 Å². The molecule has 0 unspecified atom stereocenters. The van der Waals surface area contributed by atoms with Gasteiger partial charge in [-0.05, 0) is 138 Å². The zero-order valence-electron chi connectivity index (χ0n) is 46.6. The predicted octanol–water partition coefficient (Wildman–Crippen LogP) is 17.5. The fourth-order valence-electron chi connectivity index (χ4n) is 9.48. The molecule has 0 fully saturated rings. The van der Waals surface area contributed by atoms with E-state index in [1.165, 1.54) is 11.1 Å². The third-order valence-corrected chi connectivity index (χ3v) is 13.3. The van der Waals surface area contributed by atoms with Crippen molar-refractivity contribution in [2.45, 2.75) is 71.0 Å². The maximum absolute atomic E-state index is 10.3. The second-order valence-electron chi connectivity index (χ2n) is 19.7. The molecule has 8 nitrogen and oxygen atoms in total. The van der Waals surface area contributed by atoms with Crippen molar-refractivity contribution in [2.75, 3.05) is 0 Å². The summed E-state index contributed by atoms with van der Waals surface area (Å²) in [5, 5.41) is 62.8. The molecule has 8 aromatic carbocycles. The molecule has 9 rings (SSSR count). The summed E-state index contributed by atoms with van der Waals surface area (Å²) in [6.07, 6.45) is 19.6. The molecule has 6 N–H and O–H groups in total. The van der Waals surface area contributed by atoms with Crippen LogP contribution in [-0.4, -0.2) is 36.4 Å². The standard InChI is InChI=1S/C21H22O2.2C18H18O2.C16H16O2/c1-5-7-15-9-11-19-17(13-15)18-14-16(8-6-2)10-12-20(18)23-21(3,4)22-19;1-3-7-13-9-5-11-15(17(13)19)16-12-6-10-14(8-4-2)18(16)20;1-3-6-13-10-11-17(19)16(12-13)15-9-5-8-14(7-4-2)18(15)20;1-3-5-12-9-7-11-8-10-13(6-4-2)16(18)14(11)15(12)17/h5-6,9-14H,1-2,7-8H2,3-4H3;3-6,9-12,19-20H,1-2,7-8H2;3-5,8-12,19-20H,1-2,6-7H2;3-4,7-10,17-18H,1-2,5-6H2. The van der Waals surface area contributed by atoms with Crippen LogP contribution >= 0.6 is 0 Å².